The maximum atomic E-state index is 15.4. The van der Waals surface area contributed by atoms with Crippen LogP contribution in [-0.4, -0.2) is 168 Å². The second-order valence-corrected chi connectivity index (χ2v) is 26.4. The Hall–Kier alpha value is -5.80. The number of carbonyl (C=O) groups is 3. The van der Waals surface area contributed by atoms with E-state index in [4.69, 9.17) is 38.1 Å². The summed E-state index contributed by atoms with van der Waals surface area (Å²) in [6.45, 7) is 21.1. The van der Waals surface area contributed by atoms with Crippen LogP contribution in [0.15, 0.2) is 65.5 Å². The molecule has 6 bridgehead atoms. The summed E-state index contributed by atoms with van der Waals surface area (Å²) in [6.07, 6.45) is 10.9. The van der Waals surface area contributed by atoms with Crippen molar-refractivity contribution in [3.63, 3.8) is 0 Å². The van der Waals surface area contributed by atoms with E-state index in [1.165, 1.54) is 17.9 Å². The highest BCUT2D eigenvalue weighted by Crippen LogP contribution is 2.54. The lowest BCUT2D eigenvalue weighted by molar-refractivity contribution is -0.204. The molecule has 5 aromatic rings. The van der Waals surface area contributed by atoms with Crippen LogP contribution in [0.5, 0.6) is 0 Å². The molecule has 6 aliphatic heterocycles. The van der Waals surface area contributed by atoms with Gasteiger partial charge in [0.05, 0.1) is 67.5 Å². The molecule has 4 aromatic heterocycles. The highest BCUT2D eigenvalue weighted by molar-refractivity contribution is 5.96. The Kier molecular flexibility index (Phi) is 14.9. The fourth-order valence-electron chi connectivity index (χ4n) is 14.2. The summed E-state index contributed by atoms with van der Waals surface area (Å²) >= 11 is 0. The predicted molar refractivity (Wildman–Crippen MR) is 307 cm³/mol. The number of nitrogens with one attached hydrogen (secondary N) is 2. The van der Waals surface area contributed by atoms with Gasteiger partial charge in [-0.05, 0) is 101 Å². The standard InChI is InChI=1S/C63H82N10O9/c1-38-51(47-11-8-9-18-64-47)52(38)57(74)67-54-56(71-33-63(34-71)36-78-37-63)58-66-49(32-80-58)40-13-16-50-44(27-40)46(30-61(3,4)35-81-60(76)48-12-10-19-73(68-48)59(54)75)55(72(50)24-26-79-43-17-25-82-62(5,6)29-43)45-28-42(31-65-53(45)39(2)77-7)70-22-20-69(21-23-70)41-14-15-41/h8-9,11,13,16,18,27-28,31-32,38-39,41,43,48,51-52,54,56,68H,10,12,14-15,17,19-26,29-30,33-37H2,1-7H3,(H,67,74)/t38-,39-,43-,48-,51-,52+,54-,56-/m0/s1. The monoisotopic (exact) mass is 1120 g/mol. The average Bonchev–Trinajstić information content (AvgIpc) is 4.49. The van der Waals surface area contributed by atoms with Gasteiger partial charge in [0.25, 0.3) is 5.91 Å². The van der Waals surface area contributed by atoms with Gasteiger partial charge >= 0.3 is 5.97 Å². The molecule has 2 saturated carbocycles. The molecule has 5 saturated heterocycles. The van der Waals surface area contributed by atoms with Crippen LogP contribution in [0.25, 0.3) is 33.4 Å². The van der Waals surface area contributed by atoms with Crippen LogP contribution in [0.2, 0.25) is 0 Å². The molecule has 2 aliphatic carbocycles. The van der Waals surface area contributed by atoms with Crippen molar-refractivity contribution in [1.82, 2.24) is 45.1 Å². The van der Waals surface area contributed by atoms with Gasteiger partial charge in [-0.2, -0.15) is 0 Å². The first-order valence-electron chi connectivity index (χ1n) is 30.2. The highest BCUT2D eigenvalue weighted by Gasteiger charge is 2.58. The quantitative estimate of drug-likeness (QED) is 0.112. The van der Waals surface area contributed by atoms with Gasteiger partial charge < -0.3 is 42.9 Å². The van der Waals surface area contributed by atoms with E-state index in [0.29, 0.717) is 89.5 Å². The number of amides is 2. The van der Waals surface area contributed by atoms with E-state index in [1.807, 2.05) is 24.4 Å². The summed E-state index contributed by atoms with van der Waals surface area (Å²) in [4.78, 5) is 67.2. The Morgan fingerprint density at radius 2 is 1.77 bits per heavy atom. The molecule has 19 nitrogen and oxygen atoms in total. The number of benzene rings is 1. The zero-order valence-corrected chi connectivity index (χ0v) is 48.9. The van der Waals surface area contributed by atoms with Crippen molar-refractivity contribution < 1.29 is 42.5 Å². The van der Waals surface area contributed by atoms with Crippen LogP contribution in [0, 0.1) is 22.7 Å². The van der Waals surface area contributed by atoms with Gasteiger partial charge in [0.2, 0.25) is 11.8 Å². The fourth-order valence-corrected chi connectivity index (χ4v) is 14.2. The number of likely N-dealkylation sites (tertiary alicyclic amines) is 1. The number of esters is 1. The summed E-state index contributed by atoms with van der Waals surface area (Å²) < 4.78 is 40.2. The van der Waals surface area contributed by atoms with Gasteiger partial charge in [-0.25, -0.2) is 10.4 Å². The molecule has 8 aliphatic rings. The summed E-state index contributed by atoms with van der Waals surface area (Å²) in [5, 5.41) is 5.80. The molecule has 19 heteroatoms. The average molecular weight is 1120 g/mol. The number of hydrogen-bond acceptors (Lipinski definition) is 16. The van der Waals surface area contributed by atoms with Gasteiger partial charge in [0, 0.05) is 135 Å². The second-order valence-electron chi connectivity index (χ2n) is 26.4. The van der Waals surface area contributed by atoms with Crippen LogP contribution in [-0.2, 0) is 51.0 Å². The van der Waals surface area contributed by atoms with Crippen molar-refractivity contribution in [2.45, 2.75) is 141 Å². The molecule has 438 valence electrons. The predicted octanol–water partition coefficient (Wildman–Crippen LogP) is 7.25. The van der Waals surface area contributed by atoms with Crippen molar-refractivity contribution in [2.75, 3.05) is 90.9 Å². The molecule has 2 N–H and O–H groups in total. The van der Waals surface area contributed by atoms with Crippen LogP contribution in [0.1, 0.15) is 121 Å². The van der Waals surface area contributed by atoms with Gasteiger partial charge in [-0.1, -0.05) is 32.9 Å². The number of hydrogen-bond donors (Lipinski definition) is 2. The number of hydrazine groups is 1. The van der Waals surface area contributed by atoms with E-state index in [2.05, 4.69) is 101 Å². The Bertz CT molecular complexity index is 3170. The van der Waals surface area contributed by atoms with Gasteiger partial charge in [0.15, 0.2) is 0 Å². The summed E-state index contributed by atoms with van der Waals surface area (Å²) in [5.41, 5.74) is 10.7. The lowest BCUT2D eigenvalue weighted by Gasteiger charge is -2.57. The van der Waals surface area contributed by atoms with E-state index >= 15 is 4.79 Å². The van der Waals surface area contributed by atoms with Crippen LogP contribution >= 0.6 is 0 Å². The summed E-state index contributed by atoms with van der Waals surface area (Å²) in [5.74, 6) is -1.22. The summed E-state index contributed by atoms with van der Waals surface area (Å²) in [7, 11) is 1.74. The molecular weight excluding hydrogens is 1040 g/mol. The van der Waals surface area contributed by atoms with Gasteiger partial charge in [0.1, 0.15) is 30.1 Å². The molecule has 1 spiro atoms. The maximum absolute atomic E-state index is 15.4. The lowest BCUT2D eigenvalue weighted by Crippen LogP contribution is -2.70. The van der Waals surface area contributed by atoms with Crippen molar-refractivity contribution in [3.05, 3.63) is 84.0 Å². The van der Waals surface area contributed by atoms with Crippen molar-refractivity contribution >= 4 is 34.4 Å². The number of nitrogens with zero attached hydrogens (tertiary/aromatic N) is 8. The highest BCUT2D eigenvalue weighted by atomic mass is 16.5. The van der Waals surface area contributed by atoms with Crippen molar-refractivity contribution in [2.24, 2.45) is 22.7 Å². The molecular formula is C63H82N10O9. The van der Waals surface area contributed by atoms with E-state index in [-0.39, 0.29) is 53.5 Å². The zero-order valence-electron chi connectivity index (χ0n) is 48.9. The molecule has 1 aromatic carbocycles. The van der Waals surface area contributed by atoms with Crippen LogP contribution in [0.3, 0.4) is 0 Å². The number of cyclic esters (lactones) is 1. The van der Waals surface area contributed by atoms with E-state index in [0.717, 1.165) is 89.4 Å². The van der Waals surface area contributed by atoms with Crippen LogP contribution in [0.4, 0.5) is 5.69 Å². The number of methoxy groups -OCH3 is 1. The molecule has 0 unspecified atom stereocenters. The molecule has 10 heterocycles. The number of anilines is 1. The number of carbonyl (C=O) groups excluding carboxylic acids is 3. The molecule has 7 fully saturated rings. The maximum Gasteiger partial charge on any atom is 0.324 e. The number of oxazole rings is 1. The molecule has 82 heavy (non-hydrogen) atoms. The van der Waals surface area contributed by atoms with Crippen molar-refractivity contribution in [1.29, 1.82) is 0 Å². The summed E-state index contributed by atoms with van der Waals surface area (Å²) in [6, 6.07) is 12.6. The Morgan fingerprint density at radius 1 is 0.951 bits per heavy atom. The topological polar surface area (TPSA) is 191 Å². The van der Waals surface area contributed by atoms with E-state index in [1.54, 1.807) is 19.6 Å². The fraction of sp³-hybridized carbons (Fsp3) is 0.619. The first-order valence-corrected chi connectivity index (χ1v) is 30.2. The molecule has 8 atom stereocenters. The van der Waals surface area contributed by atoms with E-state index in [9.17, 15) is 9.59 Å². The Morgan fingerprint density at radius 3 is 2.50 bits per heavy atom. The third kappa shape index (κ3) is 10.9. The number of aromatic nitrogens is 4. The second kappa shape index (κ2) is 22.0. The van der Waals surface area contributed by atoms with Gasteiger partial charge in [-0.15, -0.1) is 0 Å². The molecule has 13 rings (SSSR count). The largest absolute Gasteiger partial charge is 0.464 e. The number of piperazine rings is 1. The number of rotatable bonds is 13. The number of ether oxygens (including phenoxy) is 5. The first-order chi connectivity index (χ1) is 39.5. The minimum Gasteiger partial charge on any atom is -0.464 e. The van der Waals surface area contributed by atoms with E-state index < -0.39 is 35.4 Å². The first kappa shape index (κ1) is 55.4. The lowest BCUT2D eigenvalue weighted by atomic mass is 9.76. The molecule has 2 amide bonds. The van der Waals surface area contributed by atoms with Gasteiger partial charge in [-0.3, -0.25) is 39.2 Å². The third-order valence-electron chi connectivity index (χ3n) is 19.1. The number of pyridine rings is 2. The number of fused-ring (bicyclic) bond motifs is 6. The molecule has 0 radical (unpaired) electrons. The SMILES string of the molecule is CO[C@@H](C)c1ncc(N2CCN(C3CC3)CC2)cc1-c1c2c3cc(ccc3n1CCO[C@H]1CCOC(C)(C)C1)-c1coc(n1)[C@@H](N1CC3(COC3)C1)[C@H](NC(=O)[C@@H]1[C@@H](C)[C@H]1c1ccccn1)C(=O)N1CCC[C@H](N1)C(=O)OCC(C)(C)C2. The van der Waals surface area contributed by atoms with Crippen LogP contribution < -0.4 is 15.6 Å². The Balaban J connectivity index is 0.940. The Labute approximate surface area is 481 Å². The van der Waals surface area contributed by atoms with Crippen molar-refractivity contribution in [3.8, 4) is 22.5 Å². The minimum atomic E-state index is -1.13. The zero-order chi connectivity index (χ0) is 56.7. The minimum absolute atomic E-state index is 0.0111. The third-order valence-corrected chi connectivity index (χ3v) is 19.1. The normalized spacial score (nSPS) is 28.7. The smallest absolute Gasteiger partial charge is 0.324 e.